The van der Waals surface area contributed by atoms with Crippen LogP contribution >= 0.6 is 11.6 Å². The maximum absolute atomic E-state index is 13.5. The monoisotopic (exact) mass is 290 g/mol. The molecule has 1 aromatic carbocycles. The number of rotatable bonds is 3. The summed E-state index contributed by atoms with van der Waals surface area (Å²) < 4.78 is 13.5. The number of aromatic nitrogens is 4. The van der Waals surface area contributed by atoms with Crippen LogP contribution in [-0.4, -0.2) is 26.2 Å². The van der Waals surface area contributed by atoms with Gasteiger partial charge in [0.15, 0.2) is 11.5 Å². The van der Waals surface area contributed by atoms with Crippen molar-refractivity contribution in [3.63, 3.8) is 0 Å². The summed E-state index contributed by atoms with van der Waals surface area (Å²) in [6.45, 7) is 0. The Labute approximate surface area is 117 Å². The number of hydrogen-bond donors (Lipinski definition) is 2. The summed E-state index contributed by atoms with van der Waals surface area (Å²) in [7, 11) is 0. The Hall–Kier alpha value is -2.54. The molecule has 20 heavy (non-hydrogen) atoms. The fraction of sp³-hybridized carbons (Fsp3) is 0. The normalized spacial score (nSPS) is 11.3. The van der Waals surface area contributed by atoms with E-state index in [1.54, 1.807) is 6.07 Å². The molecule has 3 aromatic rings. The molecule has 6 nitrogen and oxygen atoms in total. The molecular weight excluding hydrogens is 283 g/mol. The highest BCUT2D eigenvalue weighted by Gasteiger charge is 2.05. The van der Waals surface area contributed by atoms with Crippen LogP contribution in [-0.2, 0) is 0 Å². The summed E-state index contributed by atoms with van der Waals surface area (Å²) >= 11 is 5.89. The fourth-order valence-electron chi connectivity index (χ4n) is 1.64. The highest BCUT2D eigenvalue weighted by Crippen LogP contribution is 2.17. The van der Waals surface area contributed by atoms with E-state index in [9.17, 15) is 4.39 Å². The number of anilines is 1. The number of aromatic amines is 1. The second-order valence-electron chi connectivity index (χ2n) is 3.83. The third-order valence-corrected chi connectivity index (χ3v) is 2.92. The van der Waals surface area contributed by atoms with Gasteiger partial charge in [0.2, 0.25) is 0 Å². The number of fused-ring (bicyclic) bond motifs is 1. The first kappa shape index (κ1) is 12.5. The quantitative estimate of drug-likeness (QED) is 0.574. The van der Waals surface area contributed by atoms with Crippen molar-refractivity contribution in [3.05, 3.63) is 47.3 Å². The average Bonchev–Trinajstić information content (AvgIpc) is 2.91. The summed E-state index contributed by atoms with van der Waals surface area (Å²) in [5.41, 5.74) is 4.03. The first-order chi connectivity index (χ1) is 9.75. The second kappa shape index (κ2) is 5.22. The van der Waals surface area contributed by atoms with Crippen LogP contribution in [0.15, 0.2) is 36.0 Å². The molecular formula is C12H8ClFN6. The van der Waals surface area contributed by atoms with E-state index in [1.165, 1.54) is 31.0 Å². The van der Waals surface area contributed by atoms with Gasteiger partial charge in [0.25, 0.3) is 0 Å². The first-order valence-electron chi connectivity index (χ1n) is 5.63. The molecule has 0 bridgehead atoms. The van der Waals surface area contributed by atoms with E-state index in [1.807, 2.05) is 0 Å². The van der Waals surface area contributed by atoms with Gasteiger partial charge in [-0.25, -0.2) is 19.3 Å². The first-order valence-corrected chi connectivity index (χ1v) is 6.00. The molecule has 8 heteroatoms. The average molecular weight is 291 g/mol. The van der Waals surface area contributed by atoms with Crippen LogP contribution in [0, 0.1) is 5.82 Å². The predicted molar refractivity (Wildman–Crippen MR) is 74.3 cm³/mol. The highest BCUT2D eigenvalue weighted by atomic mass is 35.5. The zero-order valence-electron chi connectivity index (χ0n) is 10.0. The highest BCUT2D eigenvalue weighted by molar-refractivity contribution is 6.33. The number of nitrogens with zero attached hydrogens (tertiary/aromatic N) is 4. The number of benzene rings is 1. The zero-order valence-corrected chi connectivity index (χ0v) is 10.8. The van der Waals surface area contributed by atoms with Crippen LogP contribution in [0.3, 0.4) is 0 Å². The lowest BCUT2D eigenvalue weighted by Gasteiger charge is -2.01. The summed E-state index contributed by atoms with van der Waals surface area (Å²) in [5, 5.41) is 4.21. The van der Waals surface area contributed by atoms with Gasteiger partial charge in [0, 0.05) is 5.56 Å². The van der Waals surface area contributed by atoms with Crippen LogP contribution in [0.5, 0.6) is 0 Å². The molecule has 2 N–H and O–H groups in total. The van der Waals surface area contributed by atoms with Gasteiger partial charge in [-0.15, -0.1) is 0 Å². The molecule has 0 amide bonds. The van der Waals surface area contributed by atoms with Gasteiger partial charge in [-0.3, -0.25) is 5.43 Å². The van der Waals surface area contributed by atoms with Crippen LogP contribution in [0.1, 0.15) is 5.56 Å². The topological polar surface area (TPSA) is 78.8 Å². The van der Waals surface area contributed by atoms with Gasteiger partial charge >= 0.3 is 0 Å². The van der Waals surface area contributed by atoms with Crippen molar-refractivity contribution in [1.29, 1.82) is 0 Å². The minimum atomic E-state index is -0.447. The molecule has 0 fully saturated rings. The molecule has 100 valence electrons. The zero-order chi connectivity index (χ0) is 13.9. The minimum absolute atomic E-state index is 0.205. The predicted octanol–water partition coefficient (Wildman–Crippen LogP) is 2.59. The molecule has 0 aliphatic heterocycles. The Morgan fingerprint density at radius 3 is 3.05 bits per heavy atom. The summed E-state index contributed by atoms with van der Waals surface area (Å²) in [6.07, 6.45) is 4.15. The number of H-pyrrole nitrogens is 1. The molecule has 0 spiro atoms. The second-order valence-corrected chi connectivity index (χ2v) is 4.24. The van der Waals surface area contributed by atoms with Crippen LogP contribution in [0.4, 0.5) is 10.2 Å². The van der Waals surface area contributed by atoms with E-state index in [2.05, 4.69) is 30.5 Å². The molecule has 2 heterocycles. The van der Waals surface area contributed by atoms with Crippen molar-refractivity contribution in [2.45, 2.75) is 0 Å². The van der Waals surface area contributed by atoms with Crippen molar-refractivity contribution in [3.8, 4) is 0 Å². The van der Waals surface area contributed by atoms with E-state index >= 15 is 0 Å². The molecule has 0 aliphatic rings. The van der Waals surface area contributed by atoms with Crippen molar-refractivity contribution >= 4 is 34.8 Å². The number of halogens is 2. The van der Waals surface area contributed by atoms with E-state index in [0.29, 0.717) is 17.0 Å². The lowest BCUT2D eigenvalue weighted by molar-refractivity contribution is 0.626. The summed E-state index contributed by atoms with van der Waals surface area (Å²) in [6, 6.07) is 4.43. The fourth-order valence-corrected chi connectivity index (χ4v) is 1.85. The van der Waals surface area contributed by atoms with Crippen LogP contribution in [0.2, 0.25) is 5.02 Å². The van der Waals surface area contributed by atoms with Crippen LogP contribution in [0.25, 0.3) is 11.2 Å². The van der Waals surface area contributed by atoms with E-state index < -0.39 is 5.82 Å². The largest absolute Gasteiger partial charge is 0.340 e. The van der Waals surface area contributed by atoms with Crippen molar-refractivity contribution in [2.75, 3.05) is 5.43 Å². The van der Waals surface area contributed by atoms with Crippen LogP contribution < -0.4 is 5.43 Å². The number of imidazole rings is 1. The third kappa shape index (κ3) is 2.30. The molecule has 0 atom stereocenters. The lowest BCUT2D eigenvalue weighted by Crippen LogP contribution is -1.97. The van der Waals surface area contributed by atoms with E-state index in [4.69, 9.17) is 11.6 Å². The van der Waals surface area contributed by atoms with Gasteiger partial charge in [-0.05, 0) is 12.1 Å². The van der Waals surface area contributed by atoms with Crippen molar-refractivity contribution in [1.82, 2.24) is 19.9 Å². The molecule has 0 aliphatic carbocycles. The lowest BCUT2D eigenvalue weighted by atomic mass is 10.2. The Balaban J connectivity index is 1.86. The smallest absolute Gasteiger partial charge is 0.182 e. The molecule has 0 saturated heterocycles. The molecule has 3 rings (SSSR count). The van der Waals surface area contributed by atoms with Gasteiger partial charge < -0.3 is 4.98 Å². The van der Waals surface area contributed by atoms with Gasteiger partial charge in [-0.2, -0.15) is 5.10 Å². The summed E-state index contributed by atoms with van der Waals surface area (Å²) in [5.74, 6) is -0.00589. The van der Waals surface area contributed by atoms with E-state index in [-0.39, 0.29) is 10.6 Å². The number of hydrogen-bond acceptors (Lipinski definition) is 5. The Morgan fingerprint density at radius 2 is 2.20 bits per heavy atom. The maximum Gasteiger partial charge on any atom is 0.182 e. The van der Waals surface area contributed by atoms with E-state index in [0.717, 1.165) is 0 Å². The molecule has 0 saturated carbocycles. The van der Waals surface area contributed by atoms with Gasteiger partial charge in [0.05, 0.1) is 17.6 Å². The maximum atomic E-state index is 13.5. The van der Waals surface area contributed by atoms with Gasteiger partial charge in [0.1, 0.15) is 17.7 Å². The number of nitrogens with one attached hydrogen (secondary N) is 2. The molecule has 2 aromatic heterocycles. The summed E-state index contributed by atoms with van der Waals surface area (Å²) in [4.78, 5) is 14.9. The van der Waals surface area contributed by atoms with Crippen molar-refractivity contribution < 1.29 is 4.39 Å². The third-order valence-electron chi connectivity index (χ3n) is 2.59. The Morgan fingerprint density at radius 1 is 1.30 bits per heavy atom. The SMILES string of the molecule is Fc1cccc(Cl)c1C=NNc1ncnc2nc[nH]c12. The number of hydrazone groups is 1. The molecule has 0 unspecified atom stereocenters. The van der Waals surface area contributed by atoms with Gasteiger partial charge in [-0.1, -0.05) is 17.7 Å². The van der Waals surface area contributed by atoms with Crippen molar-refractivity contribution in [2.24, 2.45) is 5.10 Å². The minimum Gasteiger partial charge on any atom is -0.340 e. The Bertz CT molecular complexity index is 764. The molecule has 0 radical (unpaired) electrons. The standard InChI is InChI=1S/C12H8ClFN6/c13-8-2-1-3-9(14)7(8)4-19-20-12-10-11(16-5-15-10)17-6-18-12/h1-6H,(H2,15,16,17,18,20). The Kier molecular flexibility index (Phi) is 3.26.